The largest absolute Gasteiger partial charge is 0.490 e. The van der Waals surface area contributed by atoms with E-state index in [1.54, 1.807) is 24.6 Å². The summed E-state index contributed by atoms with van der Waals surface area (Å²) >= 11 is 0. The molecule has 0 saturated heterocycles. The van der Waals surface area contributed by atoms with Gasteiger partial charge in [-0.15, -0.1) is 0 Å². The fourth-order valence-corrected chi connectivity index (χ4v) is 8.07. The molecule has 0 radical (unpaired) electrons. The van der Waals surface area contributed by atoms with Gasteiger partial charge in [0.15, 0.2) is 15.7 Å². The number of nitrogens with one attached hydrogen (secondary N) is 1. The Bertz CT molecular complexity index is 1770. The molecular weight excluding hydrogens is 665 g/mol. The Hall–Kier alpha value is -3.51. The Kier molecular flexibility index (Phi) is 11.9. The van der Waals surface area contributed by atoms with Gasteiger partial charge >= 0.3 is 0 Å². The van der Waals surface area contributed by atoms with Crippen molar-refractivity contribution in [1.82, 2.24) is 23.9 Å². The molecule has 2 aromatic heterocycles. The number of rotatable bonds is 9. The number of hydrogen-bond acceptors (Lipinski definition) is 11. The topological polar surface area (TPSA) is 186 Å². The van der Waals surface area contributed by atoms with Crippen molar-refractivity contribution in [3.05, 3.63) is 47.7 Å². The van der Waals surface area contributed by atoms with E-state index in [0.29, 0.717) is 19.4 Å². The number of ether oxygens (including phenoxy) is 2. The van der Waals surface area contributed by atoms with E-state index in [2.05, 4.69) is 14.9 Å². The molecule has 15 nitrogen and oxygen atoms in total. The van der Waals surface area contributed by atoms with Gasteiger partial charge in [0.25, 0.3) is 26.0 Å². The number of sulfonamides is 2. The predicted octanol–water partition coefficient (Wildman–Crippen LogP) is 2.94. The maximum atomic E-state index is 14.4. The number of carbonyl (C=O) groups is 1. The zero-order chi connectivity index (χ0) is 35.4. The average molecular weight is 711 g/mol. The minimum Gasteiger partial charge on any atom is -0.490 e. The second-order valence-corrected chi connectivity index (χ2v) is 16.0. The maximum Gasteiger partial charge on any atom is 0.267 e. The van der Waals surface area contributed by atoms with E-state index in [1.807, 2.05) is 13.8 Å². The first-order valence-corrected chi connectivity index (χ1v) is 18.7. The standard InChI is InChI=1S/C31H46N6O9S2/c1-20-15-37(21(2)18-38)31(39)26-14-25(34-47(40,41)30-23(4)33-46-24(30)5)11-12-27(26)45-22(3)10-8-9-13-44-28(20)16-36(7)48(42,43)29-17-35(6)19-32-29/h11-12,14,17,19-22,28,34,38H,8-10,13,15-16,18H2,1-7H3/t20-,21+,22+,28+/m1/s1. The van der Waals surface area contributed by atoms with E-state index < -0.39 is 44.0 Å². The molecule has 2 N–H and O–H groups in total. The van der Waals surface area contributed by atoms with Crippen LogP contribution in [0.2, 0.25) is 0 Å². The number of aliphatic hydroxyl groups excluding tert-OH is 1. The minimum absolute atomic E-state index is 0.000653. The Labute approximate surface area is 282 Å². The Morgan fingerprint density at radius 1 is 1.17 bits per heavy atom. The Morgan fingerprint density at radius 3 is 2.52 bits per heavy atom. The molecule has 48 heavy (non-hydrogen) atoms. The summed E-state index contributed by atoms with van der Waals surface area (Å²) in [5.41, 5.74) is 0.406. The number of aromatic nitrogens is 3. The highest BCUT2D eigenvalue weighted by Gasteiger charge is 2.33. The summed E-state index contributed by atoms with van der Waals surface area (Å²) in [4.78, 5) is 19.8. The van der Waals surface area contributed by atoms with Gasteiger partial charge in [0.05, 0.1) is 36.7 Å². The summed E-state index contributed by atoms with van der Waals surface area (Å²) < 4.78 is 76.0. The van der Waals surface area contributed by atoms with Crippen LogP contribution in [0.25, 0.3) is 0 Å². The quantitative estimate of drug-likeness (QED) is 0.333. The lowest BCUT2D eigenvalue weighted by molar-refractivity contribution is -0.00835. The van der Waals surface area contributed by atoms with E-state index in [0.717, 1.165) is 6.42 Å². The van der Waals surface area contributed by atoms with Gasteiger partial charge in [-0.1, -0.05) is 12.1 Å². The molecule has 0 unspecified atom stereocenters. The molecule has 3 heterocycles. The van der Waals surface area contributed by atoms with Crippen LogP contribution >= 0.6 is 0 Å². The van der Waals surface area contributed by atoms with Crippen LogP contribution in [0.4, 0.5) is 5.69 Å². The normalized spacial score (nSPS) is 21.0. The van der Waals surface area contributed by atoms with Crippen molar-refractivity contribution in [2.45, 2.75) is 82.1 Å². The van der Waals surface area contributed by atoms with Gasteiger partial charge in [0.2, 0.25) is 0 Å². The number of aliphatic hydroxyl groups is 1. The molecule has 0 spiro atoms. The molecule has 4 rings (SSSR count). The van der Waals surface area contributed by atoms with Crippen LogP contribution in [0.5, 0.6) is 5.75 Å². The van der Waals surface area contributed by atoms with Gasteiger partial charge in [-0.3, -0.25) is 9.52 Å². The third-order valence-corrected chi connectivity index (χ3v) is 11.7. The molecule has 4 atom stereocenters. The Morgan fingerprint density at radius 2 is 1.90 bits per heavy atom. The summed E-state index contributed by atoms with van der Waals surface area (Å²) in [5.74, 6) is -0.508. The highest BCUT2D eigenvalue weighted by atomic mass is 32.2. The summed E-state index contributed by atoms with van der Waals surface area (Å²) in [5, 5.41) is 13.9. The number of hydrogen-bond donors (Lipinski definition) is 2. The molecule has 0 aliphatic carbocycles. The monoisotopic (exact) mass is 710 g/mol. The molecule has 0 fully saturated rings. The van der Waals surface area contributed by atoms with Gasteiger partial charge in [-0.05, 0) is 65.2 Å². The number of imidazole rings is 1. The molecule has 1 aromatic carbocycles. The van der Waals surface area contributed by atoms with Crippen LogP contribution in [0.3, 0.4) is 0 Å². The first kappa shape index (κ1) is 37.3. The Balaban J connectivity index is 1.69. The number of benzene rings is 1. The van der Waals surface area contributed by atoms with Gasteiger partial charge in [0.1, 0.15) is 11.4 Å². The first-order chi connectivity index (χ1) is 22.5. The molecule has 1 aliphatic rings. The number of fused-ring (bicyclic) bond motifs is 1. The van der Waals surface area contributed by atoms with Gasteiger partial charge in [-0.2, -0.15) is 4.31 Å². The highest BCUT2D eigenvalue weighted by molar-refractivity contribution is 7.92. The first-order valence-electron chi connectivity index (χ1n) is 15.8. The van der Waals surface area contributed by atoms with Crippen molar-refractivity contribution in [1.29, 1.82) is 0 Å². The van der Waals surface area contributed by atoms with Gasteiger partial charge < -0.3 is 28.6 Å². The van der Waals surface area contributed by atoms with Crippen molar-refractivity contribution >= 4 is 31.6 Å². The molecule has 0 bridgehead atoms. The average Bonchev–Trinajstić information content (AvgIpc) is 3.63. The lowest BCUT2D eigenvalue weighted by Gasteiger charge is -2.35. The fraction of sp³-hybridized carbons (Fsp3) is 0.581. The predicted molar refractivity (Wildman–Crippen MR) is 177 cm³/mol. The number of aryl methyl sites for hydroxylation is 3. The smallest absolute Gasteiger partial charge is 0.267 e. The van der Waals surface area contributed by atoms with Crippen LogP contribution in [-0.2, 0) is 31.8 Å². The van der Waals surface area contributed by atoms with Crippen molar-refractivity contribution in [2.24, 2.45) is 13.0 Å². The summed E-state index contributed by atoms with van der Waals surface area (Å²) in [6, 6.07) is 3.82. The lowest BCUT2D eigenvalue weighted by Crippen LogP contribution is -2.48. The number of likely N-dealkylation sites (N-methyl/N-ethyl adjacent to an activating group) is 1. The molecule has 1 amide bonds. The van der Waals surface area contributed by atoms with E-state index in [9.17, 15) is 26.7 Å². The molecule has 1 aliphatic heterocycles. The van der Waals surface area contributed by atoms with Crippen LogP contribution in [0, 0.1) is 19.8 Å². The van der Waals surface area contributed by atoms with Crippen LogP contribution in [0.15, 0.2) is 45.2 Å². The molecule has 3 aromatic rings. The second-order valence-electron chi connectivity index (χ2n) is 12.4. The van der Waals surface area contributed by atoms with Crippen LogP contribution in [-0.4, -0.2) is 103 Å². The lowest BCUT2D eigenvalue weighted by atomic mass is 10.0. The van der Waals surface area contributed by atoms with Crippen molar-refractivity contribution < 1.29 is 40.7 Å². The summed E-state index contributed by atoms with van der Waals surface area (Å²) in [6.07, 6.45) is 4.02. The number of carbonyl (C=O) groups excluding carboxylic acids is 1. The van der Waals surface area contributed by atoms with E-state index in [1.165, 1.54) is 54.8 Å². The molecule has 266 valence electrons. The van der Waals surface area contributed by atoms with Crippen LogP contribution in [0.1, 0.15) is 61.8 Å². The van der Waals surface area contributed by atoms with E-state index >= 15 is 0 Å². The zero-order valence-electron chi connectivity index (χ0n) is 28.4. The van der Waals surface area contributed by atoms with E-state index in [4.69, 9.17) is 14.0 Å². The summed E-state index contributed by atoms with van der Waals surface area (Å²) in [7, 11) is -4.89. The van der Waals surface area contributed by atoms with Gasteiger partial charge in [-0.25, -0.2) is 21.8 Å². The van der Waals surface area contributed by atoms with Crippen molar-refractivity contribution in [2.75, 3.05) is 38.1 Å². The van der Waals surface area contributed by atoms with Crippen molar-refractivity contribution in [3.63, 3.8) is 0 Å². The van der Waals surface area contributed by atoms with Crippen LogP contribution < -0.4 is 9.46 Å². The number of nitrogens with zero attached hydrogens (tertiary/aromatic N) is 5. The third kappa shape index (κ3) is 8.55. The SMILES string of the molecule is Cc1noc(C)c1S(=O)(=O)Nc1ccc2c(c1)C(=O)N([C@@H](C)CO)C[C@@H](C)[C@H](CN(C)S(=O)(=O)c1cn(C)cn1)OCCCC[C@H](C)O2. The highest BCUT2D eigenvalue weighted by Crippen LogP contribution is 2.30. The fourth-order valence-electron chi connectivity index (χ4n) is 5.55. The van der Waals surface area contributed by atoms with E-state index in [-0.39, 0.29) is 64.2 Å². The maximum absolute atomic E-state index is 14.4. The molecule has 0 saturated carbocycles. The number of amides is 1. The summed E-state index contributed by atoms with van der Waals surface area (Å²) in [6.45, 7) is 8.54. The third-order valence-electron chi connectivity index (χ3n) is 8.33. The zero-order valence-corrected chi connectivity index (χ0v) is 30.0. The second kappa shape index (κ2) is 15.4. The number of anilines is 1. The minimum atomic E-state index is -4.12. The molecule has 17 heteroatoms. The van der Waals surface area contributed by atoms with Gasteiger partial charge in [0, 0.05) is 51.6 Å². The van der Waals surface area contributed by atoms with Crippen molar-refractivity contribution in [3.8, 4) is 5.75 Å². The molecular formula is C31H46N6O9S2.